The maximum Gasteiger partial charge on any atom is 0.138 e. The number of thiophene rings is 1. The van der Waals surface area contributed by atoms with E-state index in [2.05, 4.69) is 185 Å². The summed E-state index contributed by atoms with van der Waals surface area (Å²) in [4.78, 5) is 2.39. The van der Waals surface area contributed by atoms with Gasteiger partial charge in [-0.05, 0) is 72.3 Å². The van der Waals surface area contributed by atoms with Crippen LogP contribution in [0.5, 0.6) is 0 Å². The van der Waals surface area contributed by atoms with Crippen molar-refractivity contribution in [1.29, 1.82) is 0 Å². The van der Waals surface area contributed by atoms with Gasteiger partial charge in [-0.3, -0.25) is 0 Å². The molecule has 0 radical (unpaired) electrons. The molecule has 0 amide bonds. The average Bonchev–Trinajstić information content (AvgIpc) is 3.87. The minimum Gasteiger partial charge on any atom is -0.456 e. The van der Waals surface area contributed by atoms with Crippen molar-refractivity contribution in [3.8, 4) is 16.8 Å². The molecule has 0 fully saturated rings. The normalized spacial score (nSPS) is 11.8. The number of para-hydroxylation sites is 3. The van der Waals surface area contributed by atoms with E-state index >= 15 is 0 Å². The topological polar surface area (TPSA) is 21.3 Å². The minimum atomic E-state index is 0.885. The van der Waals surface area contributed by atoms with Crippen LogP contribution in [-0.4, -0.2) is 4.57 Å². The smallest absolute Gasteiger partial charge is 0.138 e. The van der Waals surface area contributed by atoms with Gasteiger partial charge >= 0.3 is 0 Å². The first-order chi connectivity index (χ1) is 25.8. The Kier molecular flexibility index (Phi) is 6.42. The minimum absolute atomic E-state index is 0.885. The van der Waals surface area contributed by atoms with Crippen LogP contribution in [0.4, 0.5) is 17.1 Å². The van der Waals surface area contributed by atoms with E-state index in [-0.39, 0.29) is 0 Å². The van der Waals surface area contributed by atoms with Crippen LogP contribution in [0.3, 0.4) is 0 Å². The average molecular weight is 683 g/mol. The monoisotopic (exact) mass is 682 g/mol. The highest BCUT2D eigenvalue weighted by Crippen LogP contribution is 2.48. The summed E-state index contributed by atoms with van der Waals surface area (Å²) < 4.78 is 11.6. The van der Waals surface area contributed by atoms with E-state index in [1.807, 2.05) is 17.4 Å². The third kappa shape index (κ3) is 4.38. The number of hydrogen-bond acceptors (Lipinski definition) is 3. The zero-order valence-electron chi connectivity index (χ0n) is 28.0. The Morgan fingerprint density at radius 1 is 0.423 bits per heavy atom. The molecule has 0 N–H and O–H groups in total. The summed E-state index contributed by atoms with van der Waals surface area (Å²) in [6, 6.07) is 65.4. The van der Waals surface area contributed by atoms with Gasteiger partial charge in [0.05, 0.1) is 11.0 Å². The van der Waals surface area contributed by atoms with Crippen molar-refractivity contribution in [3.63, 3.8) is 0 Å². The Balaban J connectivity index is 1.26. The Bertz CT molecular complexity index is 3120. The Labute approximate surface area is 303 Å². The molecule has 3 heterocycles. The summed E-state index contributed by atoms with van der Waals surface area (Å²) in [5.74, 6) is 0. The molecule has 0 spiro atoms. The summed E-state index contributed by atoms with van der Waals surface area (Å²) in [5.41, 5.74) is 10.8. The zero-order chi connectivity index (χ0) is 34.2. The highest BCUT2D eigenvalue weighted by Gasteiger charge is 2.24. The van der Waals surface area contributed by atoms with Gasteiger partial charge in [-0.1, -0.05) is 109 Å². The first-order valence-electron chi connectivity index (χ1n) is 17.6. The van der Waals surface area contributed by atoms with Gasteiger partial charge in [0.25, 0.3) is 0 Å². The van der Waals surface area contributed by atoms with Crippen molar-refractivity contribution in [3.05, 3.63) is 182 Å². The van der Waals surface area contributed by atoms with Crippen LogP contribution >= 0.6 is 11.3 Å². The Morgan fingerprint density at radius 2 is 1.08 bits per heavy atom. The van der Waals surface area contributed by atoms with Gasteiger partial charge in [-0.25, -0.2) is 0 Å². The molecule has 0 bridgehead atoms. The third-order valence-electron chi connectivity index (χ3n) is 10.3. The van der Waals surface area contributed by atoms with Crippen molar-refractivity contribution in [2.75, 3.05) is 4.90 Å². The second-order valence-corrected chi connectivity index (χ2v) is 14.4. The van der Waals surface area contributed by atoms with Gasteiger partial charge in [-0.2, -0.15) is 0 Å². The SMILES string of the molecule is c1ccc(-c2c3c(cc4c2c2cc(N(c5ccccc5)c5ccc6c(c5)sc5ccccc56)ccc2n4-c2ccccc2)oc2ccccc23)cc1. The molecule has 0 aliphatic heterocycles. The van der Waals surface area contributed by atoms with Crippen LogP contribution in [-0.2, 0) is 0 Å². The summed E-state index contributed by atoms with van der Waals surface area (Å²) in [5, 5.41) is 7.26. The molecule has 0 aliphatic rings. The number of nitrogens with zero attached hydrogens (tertiary/aromatic N) is 2. The van der Waals surface area contributed by atoms with E-state index in [1.165, 1.54) is 36.5 Å². The second kappa shape index (κ2) is 11.5. The molecule has 8 aromatic carbocycles. The van der Waals surface area contributed by atoms with E-state index in [4.69, 9.17) is 4.42 Å². The van der Waals surface area contributed by atoms with Crippen molar-refractivity contribution >= 4 is 92.3 Å². The number of rotatable bonds is 5. The predicted octanol–water partition coefficient (Wildman–Crippen LogP) is 14.2. The van der Waals surface area contributed by atoms with E-state index in [9.17, 15) is 0 Å². The molecule has 11 aromatic rings. The van der Waals surface area contributed by atoms with E-state index < -0.39 is 0 Å². The second-order valence-electron chi connectivity index (χ2n) is 13.3. The first kappa shape index (κ1) is 29.1. The van der Waals surface area contributed by atoms with Gasteiger partial charge < -0.3 is 13.9 Å². The molecule has 3 aromatic heterocycles. The predicted molar refractivity (Wildman–Crippen MR) is 221 cm³/mol. The van der Waals surface area contributed by atoms with Crippen LogP contribution in [0.1, 0.15) is 0 Å². The largest absolute Gasteiger partial charge is 0.456 e. The molecule has 0 saturated carbocycles. The fourth-order valence-corrected chi connectivity index (χ4v) is 9.28. The lowest BCUT2D eigenvalue weighted by Crippen LogP contribution is -2.09. The van der Waals surface area contributed by atoms with Crippen molar-refractivity contribution < 1.29 is 4.42 Å². The fourth-order valence-electron chi connectivity index (χ4n) is 8.14. The quantitative estimate of drug-likeness (QED) is 0.180. The molecular weight excluding hydrogens is 653 g/mol. The molecule has 0 saturated heterocycles. The standard InChI is InChI=1S/C48H30N2OS/c1-4-14-31(15-5-1)46-47-39-28-34(49(32-16-6-2-7-17-32)35-24-26-37-36-20-11-13-23-44(36)52-45(37)29-35)25-27-40(39)50(33-18-8-3-9-19-33)41(47)30-43-48(46)38-21-10-12-22-42(38)51-43/h1-30H. The lowest BCUT2D eigenvalue weighted by Gasteiger charge is -2.26. The van der Waals surface area contributed by atoms with Gasteiger partial charge in [0.15, 0.2) is 0 Å². The molecule has 244 valence electrons. The van der Waals surface area contributed by atoms with Crippen molar-refractivity contribution in [1.82, 2.24) is 4.57 Å². The molecular formula is C48H30N2OS. The molecule has 0 unspecified atom stereocenters. The zero-order valence-corrected chi connectivity index (χ0v) is 28.8. The number of fused-ring (bicyclic) bond motifs is 9. The lowest BCUT2D eigenvalue weighted by molar-refractivity contribution is 0.669. The maximum absolute atomic E-state index is 6.62. The van der Waals surface area contributed by atoms with Crippen LogP contribution in [0.2, 0.25) is 0 Å². The molecule has 11 rings (SSSR count). The maximum atomic E-state index is 6.62. The van der Waals surface area contributed by atoms with E-state index in [0.29, 0.717) is 0 Å². The fraction of sp³-hybridized carbons (Fsp3) is 0. The van der Waals surface area contributed by atoms with Crippen LogP contribution in [0.25, 0.3) is 80.7 Å². The number of anilines is 3. The van der Waals surface area contributed by atoms with Crippen LogP contribution < -0.4 is 4.90 Å². The molecule has 3 nitrogen and oxygen atoms in total. The number of furan rings is 1. The molecule has 4 heteroatoms. The van der Waals surface area contributed by atoms with Crippen LogP contribution in [0.15, 0.2) is 186 Å². The summed E-state index contributed by atoms with van der Waals surface area (Å²) >= 11 is 1.85. The number of hydrogen-bond donors (Lipinski definition) is 0. The van der Waals surface area contributed by atoms with Gasteiger partial charge in [0.1, 0.15) is 11.2 Å². The number of benzene rings is 8. The lowest BCUT2D eigenvalue weighted by atomic mass is 9.94. The summed E-state index contributed by atoms with van der Waals surface area (Å²) in [7, 11) is 0. The van der Waals surface area contributed by atoms with Crippen molar-refractivity contribution in [2.45, 2.75) is 0 Å². The van der Waals surface area contributed by atoms with Crippen LogP contribution in [0, 0.1) is 0 Å². The Hall–Kier alpha value is -6.62. The van der Waals surface area contributed by atoms with Gasteiger partial charge in [-0.15, -0.1) is 11.3 Å². The number of aromatic nitrogens is 1. The highest BCUT2D eigenvalue weighted by atomic mass is 32.1. The van der Waals surface area contributed by atoms with Crippen molar-refractivity contribution in [2.24, 2.45) is 0 Å². The first-order valence-corrected chi connectivity index (χ1v) is 18.4. The molecule has 52 heavy (non-hydrogen) atoms. The van der Waals surface area contributed by atoms with E-state index in [0.717, 1.165) is 61.3 Å². The Morgan fingerprint density at radius 3 is 1.90 bits per heavy atom. The third-order valence-corrected chi connectivity index (χ3v) is 11.5. The summed E-state index contributed by atoms with van der Waals surface area (Å²) in [6.45, 7) is 0. The molecule has 0 atom stereocenters. The highest BCUT2D eigenvalue weighted by molar-refractivity contribution is 7.25. The summed E-state index contributed by atoms with van der Waals surface area (Å²) in [6.07, 6.45) is 0. The van der Waals surface area contributed by atoms with Gasteiger partial charge in [0.2, 0.25) is 0 Å². The van der Waals surface area contributed by atoms with Gasteiger partial charge in [0, 0.05) is 76.1 Å². The molecule has 0 aliphatic carbocycles. The van der Waals surface area contributed by atoms with E-state index in [1.54, 1.807) is 0 Å².